The molecule has 2 nitrogen and oxygen atoms in total. The molecule has 0 rings (SSSR count). The monoisotopic (exact) mass is 263 g/mol. The van der Waals surface area contributed by atoms with Crippen LogP contribution in [-0.2, 0) is 4.79 Å². The highest BCUT2D eigenvalue weighted by Crippen LogP contribution is 2.42. The number of rotatable bonds is 3. The second kappa shape index (κ2) is 4.58. The van der Waals surface area contributed by atoms with E-state index in [4.69, 9.17) is 0 Å². The van der Waals surface area contributed by atoms with Gasteiger partial charge in [0.25, 0.3) is 0 Å². The SMILES string of the molecule is C=C(CC)C(=O)NC(C)(C(F)(F)F)C(F)(F)F. The highest BCUT2D eigenvalue weighted by Gasteiger charge is 2.68. The molecule has 0 spiro atoms. The van der Waals surface area contributed by atoms with Gasteiger partial charge in [-0.3, -0.25) is 4.79 Å². The first-order valence-corrected chi connectivity index (χ1v) is 4.50. The Labute approximate surface area is 93.7 Å². The quantitative estimate of drug-likeness (QED) is 0.615. The number of halogens is 6. The molecule has 1 amide bonds. The summed E-state index contributed by atoms with van der Waals surface area (Å²) in [5.74, 6) is -1.47. The minimum atomic E-state index is -5.64. The summed E-state index contributed by atoms with van der Waals surface area (Å²) in [5, 5.41) is 0.936. The zero-order valence-corrected chi connectivity index (χ0v) is 9.09. The summed E-state index contributed by atoms with van der Waals surface area (Å²) in [7, 11) is 0. The molecule has 0 heterocycles. The molecule has 17 heavy (non-hydrogen) atoms. The van der Waals surface area contributed by atoms with E-state index in [0.29, 0.717) is 0 Å². The molecule has 0 saturated heterocycles. The van der Waals surface area contributed by atoms with Crippen LogP contribution in [-0.4, -0.2) is 23.8 Å². The van der Waals surface area contributed by atoms with Crippen LogP contribution in [0, 0.1) is 0 Å². The molecule has 100 valence electrons. The lowest BCUT2D eigenvalue weighted by Crippen LogP contribution is -2.65. The third-order valence-electron chi connectivity index (χ3n) is 2.25. The van der Waals surface area contributed by atoms with E-state index >= 15 is 0 Å². The first-order chi connectivity index (χ1) is 7.37. The van der Waals surface area contributed by atoms with Gasteiger partial charge in [-0.15, -0.1) is 0 Å². The van der Waals surface area contributed by atoms with E-state index in [1.54, 1.807) is 0 Å². The molecular formula is C9H11F6NO. The van der Waals surface area contributed by atoms with Crippen LogP contribution < -0.4 is 5.32 Å². The maximum absolute atomic E-state index is 12.4. The maximum atomic E-state index is 12.4. The molecule has 1 N–H and O–H groups in total. The Bertz CT molecular complexity index is 302. The third-order valence-corrected chi connectivity index (χ3v) is 2.25. The summed E-state index contributed by atoms with van der Waals surface area (Å²) < 4.78 is 74.2. The van der Waals surface area contributed by atoms with Crippen LogP contribution in [0.25, 0.3) is 0 Å². The van der Waals surface area contributed by atoms with E-state index in [0.717, 1.165) is 5.32 Å². The minimum absolute atomic E-state index is 0.0440. The lowest BCUT2D eigenvalue weighted by Gasteiger charge is -2.34. The molecule has 8 heteroatoms. The van der Waals surface area contributed by atoms with Crippen LogP contribution >= 0.6 is 0 Å². The molecule has 0 aliphatic carbocycles. The van der Waals surface area contributed by atoms with Gasteiger partial charge in [0.2, 0.25) is 11.4 Å². The topological polar surface area (TPSA) is 29.1 Å². The van der Waals surface area contributed by atoms with Gasteiger partial charge in [-0.2, -0.15) is 26.3 Å². The molecule has 0 aromatic rings. The average molecular weight is 263 g/mol. The van der Waals surface area contributed by atoms with Crippen LogP contribution in [0.15, 0.2) is 12.2 Å². The van der Waals surface area contributed by atoms with Crippen molar-refractivity contribution in [2.45, 2.75) is 38.2 Å². The summed E-state index contributed by atoms with van der Waals surface area (Å²) >= 11 is 0. The van der Waals surface area contributed by atoms with E-state index in [9.17, 15) is 31.1 Å². The van der Waals surface area contributed by atoms with Crippen molar-refractivity contribution in [3.63, 3.8) is 0 Å². The van der Waals surface area contributed by atoms with Crippen molar-refractivity contribution in [2.24, 2.45) is 0 Å². The van der Waals surface area contributed by atoms with Crippen LogP contribution in [0.3, 0.4) is 0 Å². The van der Waals surface area contributed by atoms with Gasteiger partial charge in [-0.05, 0) is 13.3 Å². The Morgan fingerprint density at radius 2 is 1.47 bits per heavy atom. The maximum Gasteiger partial charge on any atom is 0.420 e. The minimum Gasteiger partial charge on any atom is -0.331 e. The first-order valence-electron chi connectivity index (χ1n) is 4.50. The van der Waals surface area contributed by atoms with Crippen LogP contribution in [0.4, 0.5) is 26.3 Å². The van der Waals surface area contributed by atoms with Crippen molar-refractivity contribution >= 4 is 5.91 Å². The molecule has 0 aromatic heterocycles. The largest absolute Gasteiger partial charge is 0.420 e. The molecule has 0 unspecified atom stereocenters. The number of hydrogen-bond donors (Lipinski definition) is 1. The second-order valence-electron chi connectivity index (χ2n) is 3.53. The van der Waals surface area contributed by atoms with Gasteiger partial charge in [0, 0.05) is 5.57 Å². The molecule has 0 atom stereocenters. The molecule has 0 saturated carbocycles. The normalized spacial score (nSPS) is 13.4. The Kier molecular flexibility index (Phi) is 4.25. The highest BCUT2D eigenvalue weighted by molar-refractivity contribution is 5.93. The molecule has 0 fully saturated rings. The van der Waals surface area contributed by atoms with Crippen molar-refractivity contribution in [1.29, 1.82) is 0 Å². The summed E-state index contributed by atoms with van der Waals surface area (Å²) in [4.78, 5) is 11.1. The predicted molar refractivity (Wildman–Crippen MR) is 48.1 cm³/mol. The number of nitrogens with one attached hydrogen (secondary N) is 1. The average Bonchev–Trinajstić information content (AvgIpc) is 2.12. The Morgan fingerprint density at radius 1 is 1.12 bits per heavy atom. The van der Waals surface area contributed by atoms with Gasteiger partial charge in [0.15, 0.2) is 0 Å². The molecule has 0 bridgehead atoms. The van der Waals surface area contributed by atoms with Crippen molar-refractivity contribution < 1.29 is 31.1 Å². The van der Waals surface area contributed by atoms with E-state index in [1.165, 1.54) is 6.92 Å². The fourth-order valence-corrected chi connectivity index (χ4v) is 0.778. The van der Waals surface area contributed by atoms with E-state index in [1.807, 2.05) is 0 Å². The Balaban J connectivity index is 5.27. The van der Waals surface area contributed by atoms with Crippen molar-refractivity contribution in [3.8, 4) is 0 Å². The molecule has 0 aromatic carbocycles. The van der Waals surface area contributed by atoms with Crippen molar-refractivity contribution in [3.05, 3.63) is 12.2 Å². The number of carbonyl (C=O) groups is 1. The lowest BCUT2D eigenvalue weighted by molar-refractivity contribution is -0.299. The zero-order chi connectivity index (χ0) is 14.1. The van der Waals surface area contributed by atoms with Gasteiger partial charge in [-0.1, -0.05) is 13.5 Å². The van der Waals surface area contributed by atoms with Crippen molar-refractivity contribution in [1.82, 2.24) is 5.32 Å². The van der Waals surface area contributed by atoms with Crippen LogP contribution in [0.2, 0.25) is 0 Å². The van der Waals surface area contributed by atoms with Gasteiger partial charge < -0.3 is 5.32 Å². The van der Waals surface area contributed by atoms with Gasteiger partial charge in [0.05, 0.1) is 0 Å². The van der Waals surface area contributed by atoms with Crippen LogP contribution in [0.5, 0.6) is 0 Å². The summed E-state index contributed by atoms with van der Waals surface area (Å²) in [6.45, 7) is 4.33. The number of amides is 1. The van der Waals surface area contributed by atoms with Gasteiger partial charge in [0.1, 0.15) is 0 Å². The Hall–Kier alpha value is -1.21. The van der Waals surface area contributed by atoms with Crippen molar-refractivity contribution in [2.75, 3.05) is 0 Å². The summed E-state index contributed by atoms with van der Waals surface area (Å²) in [6.07, 6.45) is -11.3. The smallest absolute Gasteiger partial charge is 0.331 e. The van der Waals surface area contributed by atoms with Gasteiger partial charge in [-0.25, -0.2) is 0 Å². The Morgan fingerprint density at radius 3 is 1.71 bits per heavy atom. The molecule has 0 aliphatic heterocycles. The number of alkyl halides is 6. The summed E-state index contributed by atoms with van der Waals surface area (Å²) in [6, 6.07) is 0. The number of carbonyl (C=O) groups excluding carboxylic acids is 1. The molecule has 0 radical (unpaired) electrons. The third kappa shape index (κ3) is 3.13. The highest BCUT2D eigenvalue weighted by atomic mass is 19.4. The van der Waals surface area contributed by atoms with E-state index < -0.39 is 23.8 Å². The van der Waals surface area contributed by atoms with E-state index in [-0.39, 0.29) is 18.9 Å². The second-order valence-corrected chi connectivity index (χ2v) is 3.53. The predicted octanol–water partition coefficient (Wildman–Crippen LogP) is 2.95. The molecule has 0 aliphatic rings. The fraction of sp³-hybridized carbons (Fsp3) is 0.667. The van der Waals surface area contributed by atoms with Crippen LogP contribution in [0.1, 0.15) is 20.3 Å². The molecular weight excluding hydrogens is 252 g/mol. The first kappa shape index (κ1) is 15.8. The summed E-state index contributed by atoms with van der Waals surface area (Å²) in [5.41, 5.74) is -4.64. The lowest BCUT2D eigenvalue weighted by atomic mass is 10.00. The standard InChI is InChI=1S/C9H11F6NO/c1-4-5(2)6(17)16-7(3,8(10,11)12)9(13,14)15/h2,4H2,1,3H3,(H,16,17). The van der Waals surface area contributed by atoms with E-state index in [2.05, 4.69) is 6.58 Å². The van der Waals surface area contributed by atoms with Gasteiger partial charge >= 0.3 is 12.4 Å². The fourth-order valence-electron chi connectivity index (χ4n) is 0.778. The number of hydrogen-bond acceptors (Lipinski definition) is 1. The zero-order valence-electron chi connectivity index (χ0n) is 9.09.